The van der Waals surface area contributed by atoms with Crippen LogP contribution in [0, 0.1) is 5.92 Å². The Morgan fingerprint density at radius 2 is 2.07 bits per heavy atom. The summed E-state index contributed by atoms with van der Waals surface area (Å²) in [7, 11) is 0. The van der Waals surface area contributed by atoms with E-state index in [2.05, 4.69) is 59.7 Å². The summed E-state index contributed by atoms with van der Waals surface area (Å²) in [5, 5.41) is 10.1. The molecule has 4 rings (SSSR count). The number of hydrogen-bond donors (Lipinski definition) is 1. The molecule has 4 heteroatoms. The zero-order valence-electron chi connectivity index (χ0n) is 16.8. The van der Waals surface area contributed by atoms with E-state index >= 15 is 0 Å². The summed E-state index contributed by atoms with van der Waals surface area (Å²) in [6.45, 7) is 3.12. The molecule has 1 aliphatic heterocycles. The van der Waals surface area contributed by atoms with E-state index < -0.39 is 0 Å². The van der Waals surface area contributed by atoms with E-state index in [1.54, 1.807) is 0 Å². The van der Waals surface area contributed by atoms with Gasteiger partial charge in [0.15, 0.2) is 0 Å². The molecular formula is C24H31N3O. The molecule has 2 aliphatic carbocycles. The van der Waals surface area contributed by atoms with Crippen LogP contribution in [-0.2, 0) is 4.79 Å². The van der Waals surface area contributed by atoms with Crippen molar-refractivity contribution in [3.63, 3.8) is 0 Å². The molecule has 0 bridgehead atoms. The number of hydrazone groups is 1. The average molecular weight is 378 g/mol. The maximum absolute atomic E-state index is 12.9. The van der Waals surface area contributed by atoms with Gasteiger partial charge in [-0.25, -0.2) is 0 Å². The topological polar surface area (TPSA) is 44.7 Å². The Labute approximate surface area is 168 Å². The lowest BCUT2D eigenvalue weighted by Crippen LogP contribution is -2.33. The predicted molar refractivity (Wildman–Crippen MR) is 114 cm³/mol. The molecule has 148 valence electrons. The van der Waals surface area contributed by atoms with Crippen LogP contribution < -0.4 is 5.32 Å². The third-order valence-electron chi connectivity index (χ3n) is 5.99. The quantitative estimate of drug-likeness (QED) is 0.664. The molecule has 1 amide bonds. The van der Waals surface area contributed by atoms with Crippen LogP contribution in [0.2, 0.25) is 0 Å². The van der Waals surface area contributed by atoms with E-state index in [9.17, 15) is 4.79 Å². The molecule has 0 spiro atoms. The highest BCUT2D eigenvalue weighted by molar-refractivity contribution is 6.39. The van der Waals surface area contributed by atoms with Gasteiger partial charge in [0.2, 0.25) is 0 Å². The van der Waals surface area contributed by atoms with Crippen LogP contribution in [-0.4, -0.2) is 29.2 Å². The highest BCUT2D eigenvalue weighted by Gasteiger charge is 2.41. The molecule has 3 unspecified atom stereocenters. The van der Waals surface area contributed by atoms with Crippen LogP contribution in [0.25, 0.3) is 0 Å². The molecule has 1 fully saturated rings. The lowest BCUT2D eigenvalue weighted by Gasteiger charge is -2.23. The number of unbranched alkanes of at least 4 members (excludes halogenated alkanes) is 2. The number of nitrogens with one attached hydrogen (secondary N) is 1. The van der Waals surface area contributed by atoms with Crippen molar-refractivity contribution in [1.82, 2.24) is 10.3 Å². The zero-order chi connectivity index (χ0) is 19.3. The largest absolute Gasteiger partial charge is 0.348 e. The summed E-state index contributed by atoms with van der Waals surface area (Å²) in [4.78, 5) is 12.9. The summed E-state index contributed by atoms with van der Waals surface area (Å²) >= 11 is 0. The predicted octanol–water partition coefficient (Wildman–Crippen LogP) is 4.76. The monoisotopic (exact) mass is 377 g/mol. The molecule has 4 nitrogen and oxygen atoms in total. The SMILES string of the molecule is CCCCCN1N=C(C(=O)NC2CC2C2=CCCC=C2)CC1c1ccccc1. The van der Waals surface area contributed by atoms with Gasteiger partial charge in [-0.1, -0.05) is 68.3 Å². The van der Waals surface area contributed by atoms with E-state index in [0.717, 1.165) is 32.2 Å². The van der Waals surface area contributed by atoms with E-state index in [1.165, 1.54) is 24.0 Å². The summed E-state index contributed by atoms with van der Waals surface area (Å²) in [6.07, 6.45) is 14.3. The Balaban J connectivity index is 1.39. The Bertz CT molecular complexity index is 780. The maximum atomic E-state index is 12.9. The van der Waals surface area contributed by atoms with Gasteiger partial charge in [-0.15, -0.1) is 0 Å². The van der Waals surface area contributed by atoms with Crippen LogP contribution in [0.5, 0.6) is 0 Å². The second-order valence-electron chi connectivity index (χ2n) is 8.15. The molecule has 3 atom stereocenters. The molecule has 0 radical (unpaired) electrons. The number of rotatable bonds is 8. The van der Waals surface area contributed by atoms with Gasteiger partial charge in [0.1, 0.15) is 5.71 Å². The zero-order valence-corrected chi connectivity index (χ0v) is 16.8. The van der Waals surface area contributed by atoms with Crippen molar-refractivity contribution < 1.29 is 4.79 Å². The molecular weight excluding hydrogens is 346 g/mol. The number of allylic oxidation sites excluding steroid dienone is 3. The van der Waals surface area contributed by atoms with Gasteiger partial charge in [-0.3, -0.25) is 9.80 Å². The van der Waals surface area contributed by atoms with Crippen LogP contribution in [0.1, 0.15) is 63.5 Å². The van der Waals surface area contributed by atoms with Crippen LogP contribution in [0.3, 0.4) is 0 Å². The van der Waals surface area contributed by atoms with Gasteiger partial charge in [-0.2, -0.15) is 5.10 Å². The molecule has 1 aromatic carbocycles. The molecule has 28 heavy (non-hydrogen) atoms. The van der Waals surface area contributed by atoms with E-state index in [-0.39, 0.29) is 18.0 Å². The summed E-state index contributed by atoms with van der Waals surface area (Å²) in [5.41, 5.74) is 3.32. The Morgan fingerprint density at radius 3 is 2.82 bits per heavy atom. The Kier molecular flexibility index (Phi) is 5.94. The normalized spacial score (nSPS) is 26.0. The summed E-state index contributed by atoms with van der Waals surface area (Å²) < 4.78 is 0. The first-order valence-electron chi connectivity index (χ1n) is 10.8. The second kappa shape index (κ2) is 8.76. The number of benzene rings is 1. The Morgan fingerprint density at radius 1 is 1.21 bits per heavy atom. The molecule has 3 aliphatic rings. The average Bonchev–Trinajstić information content (AvgIpc) is 3.37. The van der Waals surface area contributed by atoms with Crippen molar-refractivity contribution in [1.29, 1.82) is 0 Å². The van der Waals surface area contributed by atoms with Gasteiger partial charge in [0.05, 0.1) is 6.04 Å². The van der Waals surface area contributed by atoms with Crippen molar-refractivity contribution in [2.45, 2.75) is 64.0 Å². The highest BCUT2D eigenvalue weighted by Crippen LogP contribution is 2.39. The number of nitrogens with zero attached hydrogens (tertiary/aromatic N) is 2. The molecule has 1 heterocycles. The third kappa shape index (κ3) is 4.37. The standard InChI is InChI=1S/C24H31N3O/c1-2-3-10-15-27-23(19-13-8-5-9-14-19)17-22(26-27)24(28)25-21-16-20(21)18-11-6-4-7-12-18/h5-6,8-9,11-14,20-21,23H,2-4,7,10,15-17H2,1H3,(H,25,28). The lowest BCUT2D eigenvalue weighted by molar-refractivity contribution is -0.115. The third-order valence-corrected chi connectivity index (χ3v) is 5.99. The van der Waals surface area contributed by atoms with E-state index in [1.807, 2.05) is 6.07 Å². The van der Waals surface area contributed by atoms with Gasteiger partial charge in [0, 0.05) is 24.9 Å². The van der Waals surface area contributed by atoms with Crippen LogP contribution in [0.15, 0.2) is 59.2 Å². The molecule has 0 aromatic heterocycles. The molecule has 1 aromatic rings. The van der Waals surface area contributed by atoms with Gasteiger partial charge < -0.3 is 5.32 Å². The Hall–Kier alpha value is -2.36. The maximum Gasteiger partial charge on any atom is 0.267 e. The van der Waals surface area contributed by atoms with Gasteiger partial charge in [0.25, 0.3) is 5.91 Å². The fourth-order valence-corrected chi connectivity index (χ4v) is 4.27. The first-order valence-corrected chi connectivity index (χ1v) is 10.8. The van der Waals surface area contributed by atoms with Crippen LogP contribution in [0.4, 0.5) is 0 Å². The molecule has 1 saturated carbocycles. The second-order valence-corrected chi connectivity index (χ2v) is 8.15. The summed E-state index contributed by atoms with van der Waals surface area (Å²) in [6, 6.07) is 10.9. The number of hydrogen-bond acceptors (Lipinski definition) is 3. The molecule has 1 N–H and O–H groups in total. The highest BCUT2D eigenvalue weighted by atomic mass is 16.2. The van der Waals surface area contributed by atoms with Crippen molar-refractivity contribution in [3.05, 3.63) is 59.7 Å². The summed E-state index contributed by atoms with van der Waals surface area (Å²) in [5.74, 6) is 0.514. The number of amides is 1. The van der Waals surface area contributed by atoms with Crippen molar-refractivity contribution in [2.75, 3.05) is 6.54 Å². The fourth-order valence-electron chi connectivity index (χ4n) is 4.27. The van der Waals surface area contributed by atoms with Crippen LogP contribution >= 0.6 is 0 Å². The first-order chi connectivity index (χ1) is 13.8. The smallest absolute Gasteiger partial charge is 0.267 e. The number of carbonyl (C=O) groups is 1. The van der Waals surface area contributed by atoms with Gasteiger partial charge in [-0.05, 0) is 36.8 Å². The molecule has 0 saturated heterocycles. The van der Waals surface area contributed by atoms with E-state index in [0.29, 0.717) is 18.1 Å². The van der Waals surface area contributed by atoms with E-state index in [4.69, 9.17) is 5.10 Å². The first kappa shape index (κ1) is 19.0. The minimum atomic E-state index is 0.0202. The lowest BCUT2D eigenvalue weighted by atomic mass is 10.0. The van der Waals surface area contributed by atoms with Crippen molar-refractivity contribution >= 4 is 11.6 Å². The van der Waals surface area contributed by atoms with Crippen molar-refractivity contribution in [2.24, 2.45) is 11.0 Å². The number of carbonyl (C=O) groups excluding carboxylic acids is 1. The van der Waals surface area contributed by atoms with Gasteiger partial charge >= 0.3 is 0 Å². The van der Waals surface area contributed by atoms with Crippen molar-refractivity contribution in [3.8, 4) is 0 Å². The fraction of sp³-hybridized carbons (Fsp3) is 0.500. The minimum Gasteiger partial charge on any atom is -0.348 e. The minimum absolute atomic E-state index is 0.0202.